The van der Waals surface area contributed by atoms with Crippen LogP contribution in [0.5, 0.6) is 0 Å². The summed E-state index contributed by atoms with van der Waals surface area (Å²) in [6, 6.07) is 13.3. The number of carbonyl (C=O) groups is 2. The lowest BCUT2D eigenvalue weighted by molar-refractivity contribution is -0.113. The maximum atomic E-state index is 12.3. The van der Waals surface area contributed by atoms with Crippen molar-refractivity contribution in [1.82, 2.24) is 10.3 Å². The summed E-state index contributed by atoms with van der Waals surface area (Å²) < 4.78 is 1.13. The number of carbonyl (C=O) groups excluding carboxylic acids is 2. The molecule has 0 radical (unpaired) electrons. The van der Waals surface area contributed by atoms with Crippen molar-refractivity contribution in [1.29, 1.82) is 0 Å². The molecule has 8 heteroatoms. The minimum absolute atomic E-state index is 0.0416. The molecule has 0 spiro atoms. The van der Waals surface area contributed by atoms with E-state index in [1.165, 1.54) is 11.8 Å². The predicted octanol–water partition coefficient (Wildman–Crippen LogP) is 3.18. The number of aromatic nitrogens is 1. The second-order valence-corrected chi connectivity index (χ2v) is 7.77. The quantitative estimate of drug-likeness (QED) is 0.589. The van der Waals surface area contributed by atoms with E-state index in [0.29, 0.717) is 30.1 Å². The van der Waals surface area contributed by atoms with Gasteiger partial charge in [0.05, 0.1) is 21.7 Å². The van der Waals surface area contributed by atoms with Gasteiger partial charge in [0.25, 0.3) is 5.91 Å². The average molecular weight is 384 g/mol. The molecule has 1 aliphatic heterocycles. The van der Waals surface area contributed by atoms with Crippen molar-refractivity contribution in [3.8, 4) is 0 Å². The third-order valence-corrected chi connectivity index (χ3v) is 5.92. The normalized spacial score (nSPS) is 13.2. The number of benzene rings is 2. The number of thiazole rings is 1. The SMILES string of the molecule is O=C1CSc2ccc(C(=O)NCCNc3nc4ccccc4s3)cc2N1. The molecule has 26 heavy (non-hydrogen) atoms. The fraction of sp³-hybridized carbons (Fsp3) is 0.167. The Bertz CT molecular complexity index is 953. The molecule has 6 nitrogen and oxygen atoms in total. The van der Waals surface area contributed by atoms with Crippen molar-refractivity contribution in [2.24, 2.45) is 0 Å². The molecule has 0 aliphatic carbocycles. The second kappa shape index (κ2) is 7.35. The topological polar surface area (TPSA) is 83.1 Å². The van der Waals surface area contributed by atoms with Crippen LogP contribution in [0.4, 0.5) is 10.8 Å². The van der Waals surface area contributed by atoms with Gasteiger partial charge in [-0.15, -0.1) is 11.8 Å². The Labute approximate surface area is 158 Å². The minimum Gasteiger partial charge on any atom is -0.360 e. The predicted molar refractivity (Wildman–Crippen MR) is 106 cm³/mol. The van der Waals surface area contributed by atoms with Crippen molar-refractivity contribution < 1.29 is 9.59 Å². The molecule has 2 aromatic carbocycles. The monoisotopic (exact) mass is 384 g/mol. The molecule has 0 atom stereocenters. The molecule has 2 amide bonds. The fourth-order valence-electron chi connectivity index (χ4n) is 2.62. The summed E-state index contributed by atoms with van der Waals surface area (Å²) in [5, 5.41) is 9.75. The lowest BCUT2D eigenvalue weighted by Crippen LogP contribution is -2.29. The first-order valence-electron chi connectivity index (χ1n) is 8.13. The number of rotatable bonds is 5. The Hall–Kier alpha value is -2.58. The van der Waals surface area contributed by atoms with Crippen LogP contribution in [0.1, 0.15) is 10.4 Å². The van der Waals surface area contributed by atoms with Gasteiger partial charge in [-0.1, -0.05) is 23.5 Å². The lowest BCUT2D eigenvalue weighted by atomic mass is 10.2. The van der Waals surface area contributed by atoms with E-state index < -0.39 is 0 Å². The molecule has 0 unspecified atom stereocenters. The number of para-hydroxylation sites is 1. The van der Waals surface area contributed by atoms with Crippen LogP contribution >= 0.6 is 23.1 Å². The molecule has 3 N–H and O–H groups in total. The first kappa shape index (κ1) is 16.9. The first-order chi connectivity index (χ1) is 12.7. The van der Waals surface area contributed by atoms with E-state index in [1.54, 1.807) is 23.5 Å². The van der Waals surface area contributed by atoms with Crippen molar-refractivity contribution in [3.05, 3.63) is 48.0 Å². The van der Waals surface area contributed by atoms with Crippen LogP contribution in [-0.2, 0) is 4.79 Å². The number of anilines is 2. The van der Waals surface area contributed by atoms with E-state index in [-0.39, 0.29) is 11.8 Å². The number of nitrogens with zero attached hydrogens (tertiary/aromatic N) is 1. The zero-order chi connectivity index (χ0) is 17.9. The summed E-state index contributed by atoms with van der Waals surface area (Å²) in [5.41, 5.74) is 2.20. The van der Waals surface area contributed by atoms with Gasteiger partial charge in [-0.3, -0.25) is 9.59 Å². The van der Waals surface area contributed by atoms with Crippen molar-refractivity contribution in [2.45, 2.75) is 4.90 Å². The molecule has 0 saturated heterocycles. The largest absolute Gasteiger partial charge is 0.360 e. The highest BCUT2D eigenvalue weighted by atomic mass is 32.2. The number of thioether (sulfide) groups is 1. The molecule has 4 rings (SSSR count). The van der Waals surface area contributed by atoms with E-state index in [4.69, 9.17) is 0 Å². The highest BCUT2D eigenvalue weighted by Gasteiger charge is 2.17. The van der Waals surface area contributed by atoms with Crippen LogP contribution in [0.15, 0.2) is 47.4 Å². The number of fused-ring (bicyclic) bond motifs is 2. The van der Waals surface area contributed by atoms with Crippen molar-refractivity contribution in [2.75, 3.05) is 29.5 Å². The second-order valence-electron chi connectivity index (χ2n) is 5.72. The third kappa shape index (κ3) is 3.66. The van der Waals surface area contributed by atoms with Crippen LogP contribution in [0.2, 0.25) is 0 Å². The molecule has 1 aliphatic rings. The van der Waals surface area contributed by atoms with Gasteiger partial charge in [-0.2, -0.15) is 0 Å². The van der Waals surface area contributed by atoms with Gasteiger partial charge < -0.3 is 16.0 Å². The number of amides is 2. The van der Waals surface area contributed by atoms with Crippen molar-refractivity contribution in [3.63, 3.8) is 0 Å². The molecule has 0 fully saturated rings. The molecule has 0 saturated carbocycles. The van der Waals surface area contributed by atoms with Gasteiger partial charge in [0.1, 0.15) is 0 Å². The van der Waals surface area contributed by atoms with Crippen LogP contribution in [0.25, 0.3) is 10.2 Å². The molecule has 132 valence electrons. The number of hydrogen-bond donors (Lipinski definition) is 3. The Balaban J connectivity index is 1.31. The van der Waals surface area contributed by atoms with Gasteiger partial charge in [0.2, 0.25) is 5.91 Å². The van der Waals surface area contributed by atoms with Crippen LogP contribution in [0.3, 0.4) is 0 Å². The Morgan fingerprint density at radius 3 is 2.96 bits per heavy atom. The van der Waals surface area contributed by atoms with Crippen LogP contribution < -0.4 is 16.0 Å². The van der Waals surface area contributed by atoms with E-state index in [2.05, 4.69) is 20.9 Å². The highest BCUT2D eigenvalue weighted by molar-refractivity contribution is 8.00. The first-order valence-corrected chi connectivity index (χ1v) is 9.93. The van der Waals surface area contributed by atoms with Crippen LogP contribution in [-0.4, -0.2) is 35.6 Å². The Kier molecular flexibility index (Phi) is 4.77. The van der Waals surface area contributed by atoms with E-state index in [9.17, 15) is 9.59 Å². The maximum Gasteiger partial charge on any atom is 0.251 e. The van der Waals surface area contributed by atoms with Gasteiger partial charge in [0, 0.05) is 23.5 Å². The minimum atomic E-state index is -0.163. The van der Waals surface area contributed by atoms with E-state index in [0.717, 1.165) is 20.2 Å². The van der Waals surface area contributed by atoms with E-state index >= 15 is 0 Å². The molecule has 3 aromatic rings. The van der Waals surface area contributed by atoms with Gasteiger partial charge in [-0.25, -0.2) is 4.98 Å². The third-order valence-electron chi connectivity index (χ3n) is 3.86. The summed E-state index contributed by atoms with van der Waals surface area (Å²) >= 11 is 3.07. The standard InChI is InChI=1S/C18H16N4O2S2/c23-16-10-25-14-6-5-11(9-13(14)21-16)17(24)19-7-8-20-18-22-12-3-1-2-4-15(12)26-18/h1-6,9H,7-8,10H2,(H,19,24)(H,20,22)(H,21,23). The number of hydrogen-bond acceptors (Lipinski definition) is 6. The molecule has 2 heterocycles. The summed E-state index contributed by atoms with van der Waals surface area (Å²) in [4.78, 5) is 29.2. The highest BCUT2D eigenvalue weighted by Crippen LogP contribution is 2.32. The maximum absolute atomic E-state index is 12.3. The van der Waals surface area contributed by atoms with Gasteiger partial charge in [0.15, 0.2) is 5.13 Å². The summed E-state index contributed by atoms with van der Waals surface area (Å²) in [7, 11) is 0. The van der Waals surface area contributed by atoms with E-state index in [1.807, 2.05) is 30.3 Å². The van der Waals surface area contributed by atoms with Gasteiger partial charge in [-0.05, 0) is 30.3 Å². The summed E-state index contributed by atoms with van der Waals surface area (Å²) in [6.07, 6.45) is 0. The molecular weight excluding hydrogens is 368 g/mol. The zero-order valence-electron chi connectivity index (χ0n) is 13.7. The zero-order valence-corrected chi connectivity index (χ0v) is 15.4. The molecule has 1 aromatic heterocycles. The molecular formula is C18H16N4O2S2. The summed E-state index contributed by atoms with van der Waals surface area (Å²) in [6.45, 7) is 1.07. The Morgan fingerprint density at radius 2 is 2.08 bits per heavy atom. The van der Waals surface area contributed by atoms with Crippen molar-refractivity contribution >= 4 is 55.9 Å². The molecule has 0 bridgehead atoms. The average Bonchev–Trinajstić information content (AvgIpc) is 3.07. The lowest BCUT2D eigenvalue weighted by Gasteiger charge is -2.17. The van der Waals surface area contributed by atoms with Gasteiger partial charge >= 0.3 is 0 Å². The number of nitrogens with one attached hydrogen (secondary N) is 3. The smallest absolute Gasteiger partial charge is 0.251 e. The Morgan fingerprint density at radius 1 is 1.19 bits per heavy atom. The fourth-order valence-corrected chi connectivity index (χ4v) is 4.30. The summed E-state index contributed by atoms with van der Waals surface area (Å²) in [5.74, 6) is 0.208. The van der Waals surface area contributed by atoms with Crippen LogP contribution in [0, 0.1) is 0 Å².